The van der Waals surface area contributed by atoms with Crippen LogP contribution in [0.5, 0.6) is 0 Å². The van der Waals surface area contributed by atoms with Crippen molar-refractivity contribution in [1.29, 1.82) is 0 Å². The second-order valence-electron chi connectivity index (χ2n) is 1.43. The van der Waals surface area contributed by atoms with Crippen LogP contribution in [0.2, 0.25) is 0 Å². The number of hydrogen-bond donors (Lipinski definition) is 0. The van der Waals surface area contributed by atoms with Crippen LogP contribution in [-0.4, -0.2) is 17.8 Å². The molecule has 1 aliphatic rings. The zero-order valence-corrected chi connectivity index (χ0v) is 5.59. The van der Waals surface area contributed by atoms with Crippen LogP contribution in [-0.2, 0) is 0 Å². The van der Waals surface area contributed by atoms with E-state index in [1.54, 1.807) is 11.8 Å². The van der Waals surface area contributed by atoms with E-state index < -0.39 is 0 Å². The van der Waals surface area contributed by atoms with E-state index in [2.05, 4.69) is 0 Å². The largest absolute Gasteiger partial charge is 0.355 e. The molecule has 0 amide bonds. The highest BCUT2D eigenvalue weighted by Gasteiger charge is 2.05. The molecular weight excluding hydrogens is 130 g/mol. The molecule has 3 heteroatoms. The van der Waals surface area contributed by atoms with Gasteiger partial charge in [0, 0.05) is 12.5 Å². The molecule has 0 aromatic rings. The summed E-state index contributed by atoms with van der Waals surface area (Å²) in [6.45, 7) is 0. The van der Waals surface area contributed by atoms with Crippen LogP contribution in [0.3, 0.4) is 0 Å². The van der Waals surface area contributed by atoms with Crippen molar-refractivity contribution >= 4 is 23.4 Å². The van der Waals surface area contributed by atoms with E-state index in [0.717, 1.165) is 11.0 Å². The maximum Gasteiger partial charge on any atom is 0.111 e. The van der Waals surface area contributed by atoms with Gasteiger partial charge < -0.3 is 4.90 Å². The van der Waals surface area contributed by atoms with Crippen molar-refractivity contribution in [2.24, 2.45) is 0 Å². The number of nitrogens with zero attached hydrogens (tertiary/aromatic N) is 1. The molecule has 0 saturated heterocycles. The first-order chi connectivity index (χ1) is 3.30. The number of hydrogen-bond acceptors (Lipinski definition) is 2. The lowest BCUT2D eigenvalue weighted by Crippen LogP contribution is -2.07. The standard InChI is InChI=1S/C4H6ClNS/c1-6-3-7-2-4(6)5/h2H,3H2,1H3. The van der Waals surface area contributed by atoms with Crippen LogP contribution < -0.4 is 0 Å². The van der Waals surface area contributed by atoms with Crippen molar-refractivity contribution in [2.75, 3.05) is 12.9 Å². The van der Waals surface area contributed by atoms with Crippen molar-refractivity contribution in [3.8, 4) is 0 Å². The van der Waals surface area contributed by atoms with Gasteiger partial charge in [-0.15, -0.1) is 11.8 Å². The third-order valence-corrected chi connectivity index (χ3v) is 2.27. The first kappa shape index (κ1) is 5.32. The minimum Gasteiger partial charge on any atom is -0.355 e. The summed E-state index contributed by atoms with van der Waals surface area (Å²) >= 11 is 7.35. The van der Waals surface area contributed by atoms with Crippen LogP contribution in [0.25, 0.3) is 0 Å². The topological polar surface area (TPSA) is 3.24 Å². The molecule has 1 aliphatic heterocycles. The predicted octanol–water partition coefficient (Wildman–Crippen LogP) is 1.66. The fraction of sp³-hybridized carbons (Fsp3) is 0.500. The van der Waals surface area contributed by atoms with Gasteiger partial charge in [0.1, 0.15) is 5.16 Å². The monoisotopic (exact) mass is 135 g/mol. The average Bonchev–Trinajstić information content (AvgIpc) is 1.91. The highest BCUT2D eigenvalue weighted by Crippen LogP contribution is 2.22. The Morgan fingerprint density at radius 1 is 2.00 bits per heavy atom. The van der Waals surface area contributed by atoms with Gasteiger partial charge in [-0.25, -0.2) is 0 Å². The normalized spacial score (nSPS) is 20.3. The van der Waals surface area contributed by atoms with E-state index in [0.29, 0.717) is 0 Å². The van der Waals surface area contributed by atoms with Gasteiger partial charge in [-0.1, -0.05) is 11.6 Å². The minimum atomic E-state index is 0.852. The van der Waals surface area contributed by atoms with Crippen LogP contribution in [0, 0.1) is 0 Å². The quantitative estimate of drug-likeness (QED) is 0.465. The summed E-state index contributed by atoms with van der Waals surface area (Å²) in [5, 5.41) is 2.80. The summed E-state index contributed by atoms with van der Waals surface area (Å²) in [7, 11) is 1.97. The Morgan fingerprint density at radius 2 is 2.71 bits per heavy atom. The molecule has 0 aliphatic carbocycles. The fourth-order valence-electron chi connectivity index (χ4n) is 0.369. The van der Waals surface area contributed by atoms with E-state index in [4.69, 9.17) is 11.6 Å². The molecule has 1 heterocycles. The Balaban J connectivity index is 2.54. The van der Waals surface area contributed by atoms with E-state index in [-0.39, 0.29) is 0 Å². The van der Waals surface area contributed by atoms with Crippen molar-refractivity contribution < 1.29 is 0 Å². The van der Waals surface area contributed by atoms with Crippen molar-refractivity contribution in [3.63, 3.8) is 0 Å². The van der Waals surface area contributed by atoms with Gasteiger partial charge in [0.2, 0.25) is 0 Å². The molecule has 40 valence electrons. The Hall–Kier alpha value is 0.180. The molecule has 7 heavy (non-hydrogen) atoms. The Bertz CT molecular complexity index is 102. The van der Waals surface area contributed by atoms with Gasteiger partial charge in [-0.2, -0.15) is 0 Å². The molecule has 0 spiro atoms. The Morgan fingerprint density at radius 3 is 2.86 bits per heavy atom. The van der Waals surface area contributed by atoms with E-state index in [1.807, 2.05) is 17.4 Å². The van der Waals surface area contributed by atoms with Crippen LogP contribution in [0.15, 0.2) is 10.6 Å². The molecule has 0 N–H and O–H groups in total. The highest BCUT2D eigenvalue weighted by molar-refractivity contribution is 8.02. The van der Waals surface area contributed by atoms with Crippen LogP contribution >= 0.6 is 23.4 Å². The van der Waals surface area contributed by atoms with Crippen molar-refractivity contribution in [1.82, 2.24) is 4.90 Å². The molecule has 0 radical (unpaired) electrons. The van der Waals surface area contributed by atoms with Gasteiger partial charge in [-0.3, -0.25) is 0 Å². The van der Waals surface area contributed by atoms with Crippen molar-refractivity contribution in [3.05, 3.63) is 10.6 Å². The van der Waals surface area contributed by atoms with Gasteiger partial charge in [-0.05, 0) is 0 Å². The van der Waals surface area contributed by atoms with E-state index in [9.17, 15) is 0 Å². The summed E-state index contributed by atoms with van der Waals surface area (Å²) in [6.07, 6.45) is 0. The van der Waals surface area contributed by atoms with Crippen molar-refractivity contribution in [2.45, 2.75) is 0 Å². The molecule has 0 aromatic carbocycles. The average molecular weight is 136 g/mol. The first-order valence-electron chi connectivity index (χ1n) is 1.99. The van der Waals surface area contributed by atoms with Gasteiger partial charge in [0.05, 0.1) is 5.88 Å². The molecule has 0 aromatic heterocycles. The molecule has 0 atom stereocenters. The predicted molar refractivity (Wildman–Crippen MR) is 34.2 cm³/mol. The highest BCUT2D eigenvalue weighted by atomic mass is 35.5. The fourth-order valence-corrected chi connectivity index (χ4v) is 1.44. The molecule has 0 unspecified atom stereocenters. The number of thioether (sulfide) groups is 1. The third kappa shape index (κ3) is 1.04. The summed E-state index contributed by atoms with van der Waals surface area (Å²) in [4.78, 5) is 1.99. The van der Waals surface area contributed by atoms with E-state index in [1.165, 1.54) is 0 Å². The van der Waals surface area contributed by atoms with E-state index >= 15 is 0 Å². The first-order valence-corrected chi connectivity index (χ1v) is 3.42. The summed E-state index contributed by atoms with van der Waals surface area (Å²) in [5.41, 5.74) is 0. The smallest absolute Gasteiger partial charge is 0.111 e. The SMILES string of the molecule is CN1CSC=C1Cl. The molecule has 1 rings (SSSR count). The third-order valence-electron chi connectivity index (χ3n) is 0.813. The van der Waals surface area contributed by atoms with Gasteiger partial charge >= 0.3 is 0 Å². The number of halogens is 1. The Kier molecular flexibility index (Phi) is 1.50. The van der Waals surface area contributed by atoms with Crippen LogP contribution in [0.4, 0.5) is 0 Å². The second-order valence-corrected chi connectivity index (χ2v) is 2.65. The summed E-state index contributed by atoms with van der Waals surface area (Å²) in [5.74, 6) is 0.999. The van der Waals surface area contributed by atoms with Gasteiger partial charge in [0.15, 0.2) is 0 Å². The molecule has 0 saturated carbocycles. The zero-order valence-electron chi connectivity index (χ0n) is 4.02. The summed E-state index contributed by atoms with van der Waals surface area (Å²) in [6, 6.07) is 0. The van der Waals surface area contributed by atoms with Gasteiger partial charge in [0.25, 0.3) is 0 Å². The Labute approximate surface area is 52.3 Å². The second kappa shape index (κ2) is 1.97. The number of rotatable bonds is 0. The maximum atomic E-state index is 5.63. The molecule has 1 nitrogen and oxygen atoms in total. The minimum absolute atomic E-state index is 0.852. The molecular formula is C4H6ClNS. The lowest BCUT2D eigenvalue weighted by Gasteiger charge is -2.06. The van der Waals surface area contributed by atoms with Crippen LogP contribution in [0.1, 0.15) is 0 Å². The zero-order chi connectivity index (χ0) is 5.28. The maximum absolute atomic E-state index is 5.63. The molecule has 0 bridgehead atoms. The summed E-state index contributed by atoms with van der Waals surface area (Å²) < 4.78 is 0. The lowest BCUT2D eigenvalue weighted by molar-refractivity contribution is 0.536. The molecule has 0 fully saturated rings. The lowest BCUT2D eigenvalue weighted by atomic mass is 10.8.